The van der Waals surface area contributed by atoms with Crippen LogP contribution >= 0.6 is 0 Å². The summed E-state index contributed by atoms with van der Waals surface area (Å²) in [5.74, 6) is 0.732. The number of rotatable bonds is 4. The molecule has 1 atom stereocenters. The SMILES string of the molecule is COc1ccccc1C(=O)N1CCCC1Cc1ccc(C)cc1. The van der Waals surface area contributed by atoms with Crippen molar-refractivity contribution in [3.8, 4) is 5.75 Å². The molecule has 0 aromatic heterocycles. The summed E-state index contributed by atoms with van der Waals surface area (Å²) in [6.45, 7) is 2.92. The van der Waals surface area contributed by atoms with Crippen molar-refractivity contribution >= 4 is 5.91 Å². The van der Waals surface area contributed by atoms with Crippen LogP contribution in [0.2, 0.25) is 0 Å². The standard InChI is InChI=1S/C20H23NO2/c1-15-9-11-16(12-10-15)14-17-6-5-13-21(17)20(22)18-7-3-4-8-19(18)23-2/h3-4,7-12,17H,5-6,13-14H2,1-2H3. The van der Waals surface area contributed by atoms with Crippen molar-refractivity contribution in [1.82, 2.24) is 4.90 Å². The molecule has 0 radical (unpaired) electrons. The number of hydrogen-bond donors (Lipinski definition) is 0. The van der Waals surface area contributed by atoms with Gasteiger partial charge < -0.3 is 9.64 Å². The molecule has 3 rings (SSSR count). The van der Waals surface area contributed by atoms with E-state index in [9.17, 15) is 4.79 Å². The molecule has 0 bridgehead atoms. The molecule has 1 amide bonds. The van der Waals surface area contributed by atoms with Crippen molar-refractivity contribution < 1.29 is 9.53 Å². The molecule has 1 heterocycles. The third-order valence-corrected chi connectivity index (χ3v) is 4.57. The lowest BCUT2D eigenvalue weighted by Crippen LogP contribution is -2.37. The molecule has 1 fully saturated rings. The van der Waals surface area contributed by atoms with E-state index < -0.39 is 0 Å². The molecule has 2 aromatic rings. The van der Waals surface area contributed by atoms with E-state index in [0.29, 0.717) is 11.3 Å². The zero-order chi connectivity index (χ0) is 16.2. The highest BCUT2D eigenvalue weighted by Crippen LogP contribution is 2.26. The Hall–Kier alpha value is -2.29. The number of carbonyl (C=O) groups excluding carboxylic acids is 1. The minimum absolute atomic E-state index is 0.0806. The molecule has 1 saturated heterocycles. The number of hydrogen-bond acceptors (Lipinski definition) is 2. The second kappa shape index (κ2) is 6.86. The molecule has 0 spiro atoms. The van der Waals surface area contributed by atoms with Gasteiger partial charge in [0.05, 0.1) is 12.7 Å². The third kappa shape index (κ3) is 3.39. The van der Waals surface area contributed by atoms with E-state index >= 15 is 0 Å². The summed E-state index contributed by atoms with van der Waals surface area (Å²) in [5.41, 5.74) is 3.22. The number of aryl methyl sites for hydroxylation is 1. The van der Waals surface area contributed by atoms with Crippen LogP contribution in [0.4, 0.5) is 0 Å². The lowest BCUT2D eigenvalue weighted by atomic mass is 10.0. The van der Waals surface area contributed by atoms with Gasteiger partial charge in [0.2, 0.25) is 0 Å². The second-order valence-corrected chi connectivity index (χ2v) is 6.18. The van der Waals surface area contributed by atoms with E-state index in [1.54, 1.807) is 7.11 Å². The van der Waals surface area contributed by atoms with Crippen molar-refractivity contribution in [3.63, 3.8) is 0 Å². The summed E-state index contributed by atoms with van der Waals surface area (Å²) in [5, 5.41) is 0. The minimum atomic E-state index is 0.0806. The van der Waals surface area contributed by atoms with E-state index in [4.69, 9.17) is 4.74 Å². The Morgan fingerprint density at radius 3 is 2.65 bits per heavy atom. The Morgan fingerprint density at radius 1 is 1.17 bits per heavy atom. The van der Waals surface area contributed by atoms with Gasteiger partial charge in [-0.2, -0.15) is 0 Å². The van der Waals surface area contributed by atoms with E-state index in [2.05, 4.69) is 31.2 Å². The average Bonchev–Trinajstić information content (AvgIpc) is 3.04. The number of likely N-dealkylation sites (tertiary alicyclic amines) is 1. The van der Waals surface area contributed by atoms with Crippen molar-refractivity contribution in [2.75, 3.05) is 13.7 Å². The Morgan fingerprint density at radius 2 is 1.91 bits per heavy atom. The summed E-state index contributed by atoms with van der Waals surface area (Å²) in [7, 11) is 1.61. The molecule has 3 heteroatoms. The van der Waals surface area contributed by atoms with Gasteiger partial charge in [0.25, 0.3) is 5.91 Å². The first kappa shape index (κ1) is 15.6. The normalized spacial score (nSPS) is 17.3. The predicted molar refractivity (Wildman–Crippen MR) is 91.9 cm³/mol. The van der Waals surface area contributed by atoms with E-state index in [0.717, 1.165) is 25.8 Å². The molecule has 0 saturated carbocycles. The van der Waals surface area contributed by atoms with Gasteiger partial charge in [-0.05, 0) is 43.9 Å². The number of amides is 1. The van der Waals surface area contributed by atoms with Gasteiger partial charge in [-0.25, -0.2) is 0 Å². The molecule has 1 aliphatic heterocycles. The number of ether oxygens (including phenoxy) is 1. The van der Waals surface area contributed by atoms with Crippen molar-refractivity contribution in [1.29, 1.82) is 0 Å². The highest BCUT2D eigenvalue weighted by atomic mass is 16.5. The number of nitrogens with zero attached hydrogens (tertiary/aromatic N) is 1. The van der Waals surface area contributed by atoms with Crippen LogP contribution in [0.25, 0.3) is 0 Å². The molecule has 0 aliphatic carbocycles. The lowest BCUT2D eigenvalue weighted by Gasteiger charge is -2.25. The Bertz CT molecular complexity index is 678. The van der Waals surface area contributed by atoms with Crippen molar-refractivity contribution in [2.24, 2.45) is 0 Å². The maximum Gasteiger partial charge on any atom is 0.257 e. The van der Waals surface area contributed by atoms with Crippen LogP contribution in [0.15, 0.2) is 48.5 Å². The number of benzene rings is 2. The van der Waals surface area contributed by atoms with E-state index in [-0.39, 0.29) is 11.9 Å². The first-order chi connectivity index (χ1) is 11.2. The van der Waals surface area contributed by atoms with Crippen molar-refractivity contribution in [2.45, 2.75) is 32.2 Å². The molecule has 2 aromatic carbocycles. The smallest absolute Gasteiger partial charge is 0.257 e. The second-order valence-electron chi connectivity index (χ2n) is 6.18. The molecular weight excluding hydrogens is 286 g/mol. The molecule has 3 nitrogen and oxygen atoms in total. The van der Waals surface area contributed by atoms with E-state index in [1.807, 2.05) is 29.2 Å². The predicted octanol–water partition coefficient (Wildman–Crippen LogP) is 3.85. The van der Waals surface area contributed by atoms with Crippen LogP contribution in [0.3, 0.4) is 0 Å². The lowest BCUT2D eigenvalue weighted by molar-refractivity contribution is 0.0733. The zero-order valence-corrected chi connectivity index (χ0v) is 13.8. The largest absolute Gasteiger partial charge is 0.496 e. The number of para-hydroxylation sites is 1. The summed E-state index contributed by atoms with van der Waals surface area (Å²) in [6, 6.07) is 16.4. The summed E-state index contributed by atoms with van der Waals surface area (Å²) < 4.78 is 5.35. The monoisotopic (exact) mass is 309 g/mol. The Labute approximate surface area is 137 Å². The van der Waals surface area contributed by atoms with E-state index in [1.165, 1.54) is 11.1 Å². The molecule has 120 valence electrons. The Balaban J connectivity index is 1.78. The van der Waals surface area contributed by atoms with Crippen LogP contribution in [0, 0.1) is 6.92 Å². The third-order valence-electron chi connectivity index (χ3n) is 4.57. The molecular formula is C20H23NO2. The first-order valence-electron chi connectivity index (χ1n) is 8.18. The highest BCUT2D eigenvalue weighted by molar-refractivity contribution is 5.97. The molecule has 23 heavy (non-hydrogen) atoms. The number of carbonyl (C=O) groups is 1. The molecule has 1 unspecified atom stereocenters. The summed E-state index contributed by atoms with van der Waals surface area (Å²) in [4.78, 5) is 14.9. The van der Waals surface area contributed by atoms with Crippen molar-refractivity contribution in [3.05, 3.63) is 65.2 Å². The summed E-state index contributed by atoms with van der Waals surface area (Å²) in [6.07, 6.45) is 3.05. The average molecular weight is 309 g/mol. The first-order valence-corrected chi connectivity index (χ1v) is 8.18. The number of methoxy groups -OCH3 is 1. The fraction of sp³-hybridized carbons (Fsp3) is 0.350. The summed E-state index contributed by atoms with van der Waals surface area (Å²) >= 11 is 0. The van der Waals surface area contributed by atoms with Gasteiger partial charge in [-0.1, -0.05) is 42.0 Å². The topological polar surface area (TPSA) is 29.5 Å². The maximum absolute atomic E-state index is 12.9. The van der Waals surface area contributed by atoms with Crippen LogP contribution in [0.5, 0.6) is 5.75 Å². The molecule has 0 N–H and O–H groups in total. The fourth-order valence-electron chi connectivity index (χ4n) is 3.29. The fourth-order valence-corrected chi connectivity index (χ4v) is 3.29. The molecule has 1 aliphatic rings. The Kier molecular flexibility index (Phi) is 4.65. The van der Waals surface area contributed by atoms with Crippen LogP contribution in [0.1, 0.15) is 34.3 Å². The van der Waals surface area contributed by atoms with Gasteiger partial charge in [0.1, 0.15) is 5.75 Å². The van der Waals surface area contributed by atoms with Crippen LogP contribution < -0.4 is 4.74 Å². The van der Waals surface area contributed by atoms with Gasteiger partial charge >= 0.3 is 0 Å². The van der Waals surface area contributed by atoms with Gasteiger partial charge in [0.15, 0.2) is 0 Å². The van der Waals surface area contributed by atoms with Crippen LogP contribution in [-0.2, 0) is 6.42 Å². The van der Waals surface area contributed by atoms with Crippen LogP contribution in [-0.4, -0.2) is 30.5 Å². The van der Waals surface area contributed by atoms with Gasteiger partial charge in [-0.15, -0.1) is 0 Å². The van der Waals surface area contributed by atoms with Gasteiger partial charge in [-0.3, -0.25) is 4.79 Å². The zero-order valence-electron chi connectivity index (χ0n) is 13.8. The van der Waals surface area contributed by atoms with Gasteiger partial charge in [0, 0.05) is 12.6 Å². The highest BCUT2D eigenvalue weighted by Gasteiger charge is 2.30. The minimum Gasteiger partial charge on any atom is -0.496 e. The quantitative estimate of drug-likeness (QED) is 0.858. The maximum atomic E-state index is 12.9.